The maximum atomic E-state index is 9.24. The third kappa shape index (κ3) is 2.23. The molecular weight excluding hydrogens is 179 g/mol. The predicted octanol–water partition coefficient (Wildman–Crippen LogP) is 1.46. The molecule has 11 heavy (non-hydrogen) atoms. The SMILES string of the molecule is CC[Si](CC)(CC)[PH](O)(O)O. The number of rotatable bonds is 4. The van der Waals surface area contributed by atoms with Crippen molar-refractivity contribution in [3.05, 3.63) is 0 Å². The molecule has 0 aromatic heterocycles. The second-order valence-electron chi connectivity index (χ2n) is 2.98. The van der Waals surface area contributed by atoms with Crippen LogP contribution >= 0.6 is 7.49 Å². The molecule has 0 spiro atoms. The average molecular weight is 198 g/mol. The van der Waals surface area contributed by atoms with Gasteiger partial charge in [-0.1, -0.05) is 0 Å². The van der Waals surface area contributed by atoms with Crippen LogP contribution in [0.5, 0.6) is 0 Å². The Morgan fingerprint density at radius 1 is 0.909 bits per heavy atom. The minimum absolute atomic E-state index is 0.760. The fourth-order valence-electron chi connectivity index (χ4n) is 1.46. The quantitative estimate of drug-likeness (QED) is 0.473. The first kappa shape index (κ1) is 11.5. The summed E-state index contributed by atoms with van der Waals surface area (Å²) in [5, 5.41) is 0. The average Bonchev–Trinajstić information content (AvgIpc) is 1.90. The summed E-state index contributed by atoms with van der Waals surface area (Å²) in [6, 6.07) is 2.28. The fraction of sp³-hybridized carbons (Fsp3) is 1.00. The van der Waals surface area contributed by atoms with E-state index in [1.54, 1.807) is 0 Å². The topological polar surface area (TPSA) is 60.7 Å². The normalized spacial score (nSPS) is 15.1. The van der Waals surface area contributed by atoms with Crippen LogP contribution in [0.3, 0.4) is 0 Å². The maximum absolute atomic E-state index is 9.24. The molecule has 0 bridgehead atoms. The van der Waals surface area contributed by atoms with E-state index < -0.39 is 15.2 Å². The molecule has 0 heterocycles. The predicted molar refractivity (Wildman–Crippen MR) is 52.2 cm³/mol. The zero-order chi connectivity index (χ0) is 9.12. The van der Waals surface area contributed by atoms with E-state index in [-0.39, 0.29) is 0 Å². The molecule has 0 fully saturated rings. The molecule has 0 amide bonds. The van der Waals surface area contributed by atoms with Crippen LogP contribution in [-0.4, -0.2) is 22.4 Å². The van der Waals surface area contributed by atoms with Crippen LogP contribution in [0.15, 0.2) is 0 Å². The van der Waals surface area contributed by atoms with Crippen LogP contribution in [0.1, 0.15) is 20.8 Å². The van der Waals surface area contributed by atoms with E-state index in [9.17, 15) is 14.7 Å². The van der Waals surface area contributed by atoms with Gasteiger partial charge in [0.1, 0.15) is 0 Å². The molecule has 0 saturated heterocycles. The number of hydrogen-bond donors (Lipinski definition) is 3. The van der Waals surface area contributed by atoms with Gasteiger partial charge < -0.3 is 0 Å². The zero-order valence-electron chi connectivity index (χ0n) is 7.46. The molecule has 0 aliphatic carbocycles. The van der Waals surface area contributed by atoms with Gasteiger partial charge in [-0.2, -0.15) is 0 Å². The molecule has 0 saturated carbocycles. The van der Waals surface area contributed by atoms with Crippen LogP contribution in [0.25, 0.3) is 0 Å². The van der Waals surface area contributed by atoms with Crippen molar-refractivity contribution in [1.82, 2.24) is 0 Å². The van der Waals surface area contributed by atoms with E-state index in [2.05, 4.69) is 0 Å². The Kier molecular flexibility index (Phi) is 4.15. The summed E-state index contributed by atoms with van der Waals surface area (Å²) >= 11 is 0. The summed E-state index contributed by atoms with van der Waals surface area (Å²) in [7, 11) is -5.91. The van der Waals surface area contributed by atoms with Gasteiger partial charge in [-0.25, -0.2) is 0 Å². The minimum atomic E-state index is -3.80. The Morgan fingerprint density at radius 2 is 1.18 bits per heavy atom. The molecule has 0 aromatic carbocycles. The van der Waals surface area contributed by atoms with E-state index in [0.717, 1.165) is 18.1 Å². The van der Waals surface area contributed by atoms with Crippen molar-refractivity contribution in [2.45, 2.75) is 38.9 Å². The molecule has 0 atom stereocenters. The molecule has 0 aliphatic rings. The second-order valence-corrected chi connectivity index (χ2v) is 14.1. The van der Waals surface area contributed by atoms with E-state index in [1.807, 2.05) is 20.8 Å². The summed E-state index contributed by atoms with van der Waals surface area (Å²) in [4.78, 5) is 27.7. The third-order valence-electron chi connectivity index (χ3n) is 2.74. The van der Waals surface area contributed by atoms with Crippen molar-refractivity contribution in [3.8, 4) is 0 Å². The van der Waals surface area contributed by atoms with Crippen LogP contribution in [0, 0.1) is 0 Å². The fourth-order valence-corrected chi connectivity index (χ4v) is 8.65. The standard InChI is InChI=1S/C6H19O3PSi/c1-4-11(5-2,6-3)10(7,8)9/h7-10H,4-6H2,1-3H3. The van der Waals surface area contributed by atoms with E-state index in [4.69, 9.17) is 0 Å². The Morgan fingerprint density at radius 3 is 1.18 bits per heavy atom. The first-order valence-corrected chi connectivity index (χ1v) is 9.57. The Hall–Kier alpha value is 0.527. The van der Waals surface area contributed by atoms with E-state index in [1.165, 1.54) is 0 Å². The van der Waals surface area contributed by atoms with Gasteiger partial charge in [0.05, 0.1) is 0 Å². The molecular formula is C6H19O3PSi. The Bertz CT molecular complexity index is 111. The summed E-state index contributed by atoms with van der Waals surface area (Å²) in [6.07, 6.45) is 0. The molecule has 0 radical (unpaired) electrons. The van der Waals surface area contributed by atoms with Gasteiger partial charge in [-0.05, 0) is 0 Å². The van der Waals surface area contributed by atoms with Gasteiger partial charge in [-0.3, -0.25) is 0 Å². The first-order chi connectivity index (χ1) is 4.93. The van der Waals surface area contributed by atoms with Crippen LogP contribution in [0.2, 0.25) is 18.1 Å². The van der Waals surface area contributed by atoms with Crippen molar-refractivity contribution in [2.24, 2.45) is 0 Å². The monoisotopic (exact) mass is 198 g/mol. The molecule has 70 valence electrons. The van der Waals surface area contributed by atoms with Crippen LogP contribution in [0.4, 0.5) is 0 Å². The second kappa shape index (κ2) is 3.96. The number of hydrogen-bond acceptors (Lipinski definition) is 3. The third-order valence-corrected chi connectivity index (χ3v) is 15.7. The van der Waals surface area contributed by atoms with Crippen molar-refractivity contribution in [2.75, 3.05) is 0 Å². The van der Waals surface area contributed by atoms with Crippen molar-refractivity contribution < 1.29 is 14.7 Å². The van der Waals surface area contributed by atoms with Crippen molar-refractivity contribution in [1.29, 1.82) is 0 Å². The zero-order valence-corrected chi connectivity index (χ0v) is 9.46. The van der Waals surface area contributed by atoms with Crippen LogP contribution in [-0.2, 0) is 0 Å². The van der Waals surface area contributed by atoms with Gasteiger partial charge in [-0.15, -0.1) is 0 Å². The molecule has 0 aliphatic heterocycles. The summed E-state index contributed by atoms with van der Waals surface area (Å²) in [5.41, 5.74) is 0. The first-order valence-electron chi connectivity index (χ1n) is 4.10. The van der Waals surface area contributed by atoms with Crippen molar-refractivity contribution >= 4 is 15.2 Å². The molecule has 0 unspecified atom stereocenters. The van der Waals surface area contributed by atoms with E-state index in [0.29, 0.717) is 0 Å². The van der Waals surface area contributed by atoms with Gasteiger partial charge in [0.15, 0.2) is 0 Å². The van der Waals surface area contributed by atoms with E-state index >= 15 is 0 Å². The Balaban J connectivity index is 4.54. The molecule has 5 heteroatoms. The summed E-state index contributed by atoms with van der Waals surface area (Å²) in [5.74, 6) is 0. The molecule has 0 rings (SSSR count). The van der Waals surface area contributed by atoms with Gasteiger partial charge in [0, 0.05) is 0 Å². The molecule has 3 nitrogen and oxygen atoms in total. The Labute approximate surface area is 69.5 Å². The van der Waals surface area contributed by atoms with Crippen LogP contribution < -0.4 is 0 Å². The molecule has 0 aromatic rings. The molecule has 3 N–H and O–H groups in total. The van der Waals surface area contributed by atoms with Gasteiger partial charge >= 0.3 is 68.8 Å². The van der Waals surface area contributed by atoms with Gasteiger partial charge in [0.25, 0.3) is 0 Å². The summed E-state index contributed by atoms with van der Waals surface area (Å²) < 4.78 is 0. The van der Waals surface area contributed by atoms with Crippen molar-refractivity contribution in [3.63, 3.8) is 0 Å². The van der Waals surface area contributed by atoms with Gasteiger partial charge in [0.2, 0.25) is 0 Å². The summed E-state index contributed by atoms with van der Waals surface area (Å²) in [6.45, 7) is 5.80.